The highest BCUT2D eigenvalue weighted by molar-refractivity contribution is 6.99. The Bertz CT molecular complexity index is 2130. The molecule has 8 heteroatoms. The van der Waals surface area contributed by atoms with E-state index in [0.29, 0.717) is 24.7 Å². The van der Waals surface area contributed by atoms with E-state index >= 15 is 0 Å². The fraction of sp³-hybridized carbons (Fsp3) is 0.321. The summed E-state index contributed by atoms with van der Waals surface area (Å²) in [6.07, 6.45) is -0.982. The molecule has 7 rings (SSSR count). The Hall–Kier alpha value is -4.99. The first-order valence-electron chi connectivity index (χ1n) is 21.5. The summed E-state index contributed by atoms with van der Waals surface area (Å²) < 4.78 is 67.1. The van der Waals surface area contributed by atoms with Gasteiger partial charge in [-0.25, -0.2) is 0 Å². The molecule has 4 nitrogen and oxygen atoms in total. The number of halogens is 3. The highest BCUT2D eigenvalue weighted by Gasteiger charge is 2.50. The molecule has 0 heterocycles. The van der Waals surface area contributed by atoms with Crippen molar-refractivity contribution in [2.75, 3.05) is 19.8 Å². The van der Waals surface area contributed by atoms with Crippen molar-refractivity contribution in [3.63, 3.8) is 0 Å². The number of benzene rings is 6. The van der Waals surface area contributed by atoms with Crippen molar-refractivity contribution in [2.45, 2.75) is 82.4 Å². The fourth-order valence-corrected chi connectivity index (χ4v) is 13.4. The van der Waals surface area contributed by atoms with E-state index < -0.39 is 26.2 Å². The SMILES string of the molecule is CC(C)(C)[Si](OC[C@H](CO[C@@H]1CCC[C@H](COc2cccc(C(c3ccccc3)c3ccccc3)c2)C1)OCc1ccc(C(F)(F)F)cc1)(c1ccccc1)c1ccccc1. The largest absolute Gasteiger partial charge is 0.493 e. The highest BCUT2D eigenvalue weighted by Crippen LogP contribution is 2.38. The molecule has 0 radical (unpaired) electrons. The molecule has 1 aliphatic carbocycles. The van der Waals surface area contributed by atoms with E-state index in [1.54, 1.807) is 0 Å². The van der Waals surface area contributed by atoms with Gasteiger partial charge >= 0.3 is 6.18 Å². The minimum absolute atomic E-state index is 0.0132. The third-order valence-electron chi connectivity index (χ3n) is 11.9. The molecule has 0 N–H and O–H groups in total. The molecule has 1 fully saturated rings. The lowest BCUT2D eigenvalue weighted by molar-refractivity contribution is -0.137. The van der Waals surface area contributed by atoms with Crippen LogP contribution in [0.1, 0.15) is 80.2 Å². The second-order valence-corrected chi connectivity index (χ2v) is 21.5. The van der Waals surface area contributed by atoms with Gasteiger partial charge in [-0.3, -0.25) is 0 Å². The lowest BCUT2D eigenvalue weighted by atomic mass is 9.85. The zero-order chi connectivity index (χ0) is 42.7. The Morgan fingerprint density at radius 2 is 1.18 bits per heavy atom. The van der Waals surface area contributed by atoms with E-state index in [1.165, 1.54) is 28.8 Å². The molecule has 6 aromatic rings. The molecule has 0 aromatic heterocycles. The van der Waals surface area contributed by atoms with Crippen LogP contribution in [0.3, 0.4) is 0 Å². The quantitative estimate of drug-likeness (QED) is 0.0677. The van der Waals surface area contributed by atoms with E-state index in [4.69, 9.17) is 18.6 Å². The molecule has 318 valence electrons. The first-order chi connectivity index (χ1) is 29.5. The van der Waals surface area contributed by atoms with Gasteiger partial charge in [-0.15, -0.1) is 0 Å². The van der Waals surface area contributed by atoms with Crippen molar-refractivity contribution in [3.05, 3.63) is 198 Å². The summed E-state index contributed by atoms with van der Waals surface area (Å²) in [6, 6.07) is 55.7. The third-order valence-corrected chi connectivity index (χ3v) is 16.9. The van der Waals surface area contributed by atoms with Gasteiger partial charge < -0.3 is 18.6 Å². The smallest absolute Gasteiger partial charge is 0.416 e. The van der Waals surface area contributed by atoms with E-state index in [-0.39, 0.29) is 30.3 Å². The maximum absolute atomic E-state index is 13.4. The zero-order valence-corrected chi connectivity index (χ0v) is 36.4. The van der Waals surface area contributed by atoms with Crippen LogP contribution in [0.15, 0.2) is 170 Å². The van der Waals surface area contributed by atoms with Gasteiger partial charge in [0.15, 0.2) is 0 Å². The van der Waals surface area contributed by atoms with Crippen LogP contribution in [0, 0.1) is 5.92 Å². The fourth-order valence-electron chi connectivity index (χ4n) is 8.78. The highest BCUT2D eigenvalue weighted by atomic mass is 28.4. The van der Waals surface area contributed by atoms with Crippen LogP contribution in [0.4, 0.5) is 13.2 Å². The van der Waals surface area contributed by atoms with Crippen LogP contribution in [-0.4, -0.2) is 40.3 Å². The number of ether oxygens (including phenoxy) is 3. The second-order valence-electron chi connectivity index (χ2n) is 17.2. The van der Waals surface area contributed by atoms with E-state index in [1.807, 2.05) is 30.3 Å². The summed E-state index contributed by atoms with van der Waals surface area (Å²) in [5.41, 5.74) is 3.62. The maximum Gasteiger partial charge on any atom is 0.416 e. The normalized spacial score (nSPS) is 16.6. The van der Waals surface area contributed by atoms with Gasteiger partial charge in [0.25, 0.3) is 8.32 Å². The minimum Gasteiger partial charge on any atom is -0.493 e. The van der Waals surface area contributed by atoms with Crippen molar-refractivity contribution in [2.24, 2.45) is 5.92 Å². The summed E-state index contributed by atoms with van der Waals surface area (Å²) in [6.45, 7) is 7.98. The molecule has 0 bridgehead atoms. The molecule has 0 amide bonds. The van der Waals surface area contributed by atoms with Crippen molar-refractivity contribution in [1.82, 2.24) is 0 Å². The van der Waals surface area contributed by atoms with Crippen molar-refractivity contribution >= 4 is 18.7 Å². The zero-order valence-electron chi connectivity index (χ0n) is 35.4. The van der Waals surface area contributed by atoms with Crippen molar-refractivity contribution in [1.29, 1.82) is 0 Å². The first kappa shape index (κ1) is 44.1. The molecule has 0 saturated heterocycles. The molecule has 0 spiro atoms. The topological polar surface area (TPSA) is 36.9 Å². The molecule has 3 atom stereocenters. The van der Waals surface area contributed by atoms with Crippen LogP contribution in [-0.2, 0) is 26.7 Å². The number of hydrogen-bond acceptors (Lipinski definition) is 4. The molecule has 0 unspecified atom stereocenters. The molecule has 1 saturated carbocycles. The summed E-state index contributed by atoms with van der Waals surface area (Å²) >= 11 is 0. The van der Waals surface area contributed by atoms with Crippen LogP contribution in [0.25, 0.3) is 0 Å². The Kier molecular flexibility index (Phi) is 14.6. The van der Waals surface area contributed by atoms with Gasteiger partial charge in [-0.1, -0.05) is 173 Å². The molecular formula is C53H57F3O4Si. The van der Waals surface area contributed by atoms with Gasteiger partial charge in [0.05, 0.1) is 38.1 Å². The standard InChI is InChI=1S/C53H57F3O4Si/c1-52(2,3)61(49-26-12-6-13-27-49,50-28-14-7-15-29-50)60-39-48(58-36-40-30-32-45(33-31-40)53(54,55)56)38-59-46-24-16-18-41(34-46)37-57-47-25-17-23-44(35-47)51(42-19-8-4-9-20-42)43-21-10-5-11-22-43/h4-15,17,19-23,25-33,35,41,46,48,51H,16,18,24,34,36-39H2,1-3H3/t41-,46+,48-/m0/s1. The third kappa shape index (κ3) is 11.3. The Morgan fingerprint density at radius 3 is 1.74 bits per heavy atom. The van der Waals surface area contributed by atoms with Gasteiger partial charge in [0.1, 0.15) is 11.9 Å². The number of hydrogen-bond donors (Lipinski definition) is 0. The van der Waals surface area contributed by atoms with Gasteiger partial charge in [-0.05, 0) is 87.1 Å². The Morgan fingerprint density at radius 1 is 0.623 bits per heavy atom. The molecular weight excluding hydrogens is 786 g/mol. The van der Waals surface area contributed by atoms with Crippen LogP contribution in [0.5, 0.6) is 5.75 Å². The number of alkyl halides is 3. The summed E-state index contributed by atoms with van der Waals surface area (Å²) in [5.74, 6) is 1.27. The molecule has 61 heavy (non-hydrogen) atoms. The average Bonchev–Trinajstić information content (AvgIpc) is 3.28. The van der Waals surface area contributed by atoms with E-state index in [0.717, 1.165) is 53.9 Å². The summed E-state index contributed by atoms with van der Waals surface area (Å²) in [5, 5.41) is 2.08. The first-order valence-corrected chi connectivity index (χ1v) is 23.4. The minimum atomic E-state index is -4.40. The van der Waals surface area contributed by atoms with Gasteiger partial charge in [0.2, 0.25) is 0 Å². The van der Waals surface area contributed by atoms with Gasteiger partial charge in [0, 0.05) is 5.92 Å². The van der Waals surface area contributed by atoms with E-state index in [9.17, 15) is 13.2 Å². The van der Waals surface area contributed by atoms with Crippen LogP contribution in [0.2, 0.25) is 5.04 Å². The van der Waals surface area contributed by atoms with Gasteiger partial charge in [-0.2, -0.15) is 13.2 Å². The summed E-state index contributed by atoms with van der Waals surface area (Å²) in [7, 11) is -2.90. The molecule has 1 aliphatic rings. The maximum atomic E-state index is 13.4. The molecule has 0 aliphatic heterocycles. The van der Waals surface area contributed by atoms with Crippen molar-refractivity contribution < 1.29 is 31.8 Å². The number of rotatable bonds is 17. The Labute approximate surface area is 360 Å². The van der Waals surface area contributed by atoms with Crippen molar-refractivity contribution in [3.8, 4) is 5.75 Å². The van der Waals surface area contributed by atoms with Crippen LogP contribution < -0.4 is 15.1 Å². The lowest BCUT2D eigenvalue weighted by Crippen LogP contribution is -2.67. The van der Waals surface area contributed by atoms with Crippen LogP contribution >= 0.6 is 0 Å². The second kappa shape index (κ2) is 20.3. The summed E-state index contributed by atoms with van der Waals surface area (Å²) in [4.78, 5) is 0. The monoisotopic (exact) mass is 842 g/mol. The predicted octanol–water partition coefficient (Wildman–Crippen LogP) is 12.0. The lowest BCUT2D eigenvalue weighted by Gasteiger charge is -2.43. The molecule has 6 aromatic carbocycles. The average molecular weight is 843 g/mol. The van der Waals surface area contributed by atoms with E-state index in [2.05, 4.69) is 136 Å². The predicted molar refractivity (Wildman–Crippen MR) is 241 cm³/mol. The Balaban J connectivity index is 1.04.